The van der Waals surface area contributed by atoms with Crippen LogP contribution in [0.3, 0.4) is 0 Å². The van der Waals surface area contributed by atoms with Crippen LogP contribution >= 0.6 is 15.9 Å². The zero-order chi connectivity index (χ0) is 23.8. The van der Waals surface area contributed by atoms with E-state index in [0.717, 1.165) is 10.5 Å². The highest BCUT2D eigenvalue weighted by atomic mass is 79.9. The van der Waals surface area contributed by atoms with Gasteiger partial charge in [0.05, 0.1) is 0 Å². The fraction of sp³-hybridized carbons (Fsp3) is 0.217. The quantitative estimate of drug-likeness (QED) is 0.521. The molecule has 0 bridgehead atoms. The number of nitrogens with zero attached hydrogens (tertiary/aromatic N) is 3. The maximum atomic E-state index is 14.3. The third-order valence-corrected chi connectivity index (χ3v) is 5.63. The number of aromatic nitrogens is 2. The van der Waals surface area contributed by atoms with E-state index in [2.05, 4.69) is 31.2 Å². The van der Waals surface area contributed by atoms with Gasteiger partial charge in [-0.3, -0.25) is 14.8 Å². The first-order valence-corrected chi connectivity index (χ1v) is 10.9. The Morgan fingerprint density at radius 2 is 1.67 bits per heavy atom. The Bertz CT molecular complexity index is 1090. The second-order valence-corrected chi connectivity index (χ2v) is 8.15. The van der Waals surface area contributed by atoms with E-state index in [1.807, 2.05) is 12.1 Å². The number of amides is 2. The van der Waals surface area contributed by atoms with Crippen LogP contribution in [0.2, 0.25) is 0 Å². The second kappa shape index (κ2) is 11.5. The summed E-state index contributed by atoms with van der Waals surface area (Å²) in [4.78, 5) is 32.9. The summed E-state index contributed by atoms with van der Waals surface area (Å²) in [5, 5.41) is 11.2. The summed E-state index contributed by atoms with van der Waals surface area (Å²) in [6.07, 6.45) is 5.70. The van der Waals surface area contributed by atoms with E-state index in [4.69, 9.17) is 5.11 Å². The number of carbonyl (C=O) groups is 2. The van der Waals surface area contributed by atoms with Crippen molar-refractivity contribution in [3.8, 4) is 0 Å². The first-order chi connectivity index (χ1) is 15.9. The molecule has 0 saturated carbocycles. The van der Waals surface area contributed by atoms with Crippen LogP contribution in [-0.4, -0.2) is 39.7 Å². The Balaban J connectivity index is 0.000000374. The van der Waals surface area contributed by atoms with Crippen LogP contribution in [0.4, 0.5) is 19.3 Å². The number of anilines is 1. The summed E-state index contributed by atoms with van der Waals surface area (Å²) in [6, 6.07) is 9.99. The van der Waals surface area contributed by atoms with Crippen molar-refractivity contribution in [1.82, 2.24) is 15.3 Å². The average Bonchev–Trinajstić information content (AvgIpc) is 2.96. The molecular weight excluding hydrogens is 498 g/mol. The van der Waals surface area contributed by atoms with Crippen molar-refractivity contribution < 1.29 is 23.5 Å². The predicted molar refractivity (Wildman–Crippen MR) is 122 cm³/mol. The number of rotatable bonds is 3. The number of halogens is 3. The van der Waals surface area contributed by atoms with Crippen molar-refractivity contribution in [3.05, 3.63) is 88.9 Å². The van der Waals surface area contributed by atoms with E-state index in [9.17, 15) is 18.4 Å². The van der Waals surface area contributed by atoms with E-state index < -0.39 is 35.6 Å². The molecule has 2 atom stereocenters. The minimum atomic E-state index is -1.31. The van der Waals surface area contributed by atoms with Gasteiger partial charge in [-0.25, -0.2) is 13.6 Å². The minimum absolute atomic E-state index is 0.112. The maximum Gasteiger partial charge on any atom is 0.405 e. The maximum absolute atomic E-state index is 14.3. The lowest BCUT2D eigenvalue weighted by atomic mass is 9.93. The molecule has 7 nitrogen and oxygen atoms in total. The van der Waals surface area contributed by atoms with Crippen molar-refractivity contribution >= 4 is 33.6 Å². The Labute approximate surface area is 197 Å². The molecule has 0 spiro atoms. The Morgan fingerprint density at radius 3 is 2.24 bits per heavy atom. The topological polar surface area (TPSA) is 95.4 Å². The zero-order valence-electron chi connectivity index (χ0n) is 17.4. The molecule has 10 heteroatoms. The molecule has 2 N–H and O–H groups in total. The summed E-state index contributed by atoms with van der Waals surface area (Å²) in [5.74, 6) is -2.79. The molecule has 1 fully saturated rings. The lowest BCUT2D eigenvalue weighted by Gasteiger charge is -2.26. The van der Waals surface area contributed by atoms with Crippen LogP contribution in [0, 0.1) is 11.6 Å². The van der Waals surface area contributed by atoms with E-state index in [1.54, 1.807) is 24.5 Å². The highest BCUT2D eigenvalue weighted by molar-refractivity contribution is 9.10. The monoisotopic (exact) mass is 518 g/mol. The molecule has 0 radical (unpaired) electrons. The Morgan fingerprint density at radius 1 is 1.03 bits per heavy atom. The molecule has 3 aromatic rings. The van der Waals surface area contributed by atoms with Gasteiger partial charge >= 0.3 is 6.09 Å². The number of pyridine rings is 2. The molecule has 0 aliphatic carbocycles. The molecule has 2 aromatic heterocycles. The predicted octanol–water partition coefficient (Wildman–Crippen LogP) is 4.75. The minimum Gasteiger partial charge on any atom is -0.465 e. The first-order valence-electron chi connectivity index (χ1n) is 10.1. The normalized spacial score (nSPS) is 18.0. The van der Waals surface area contributed by atoms with Crippen LogP contribution in [0.15, 0.2) is 71.7 Å². The van der Waals surface area contributed by atoms with Gasteiger partial charge in [-0.1, -0.05) is 28.1 Å². The summed E-state index contributed by atoms with van der Waals surface area (Å²) in [6.45, 7) is 0.112. The lowest BCUT2D eigenvalue weighted by molar-refractivity contribution is -0.120. The van der Waals surface area contributed by atoms with Gasteiger partial charge in [0, 0.05) is 47.4 Å². The van der Waals surface area contributed by atoms with Crippen molar-refractivity contribution in [2.45, 2.75) is 24.8 Å². The van der Waals surface area contributed by atoms with Crippen LogP contribution in [-0.2, 0) is 4.79 Å². The molecule has 1 aliphatic rings. The van der Waals surface area contributed by atoms with Gasteiger partial charge in [0.25, 0.3) is 0 Å². The van der Waals surface area contributed by atoms with Gasteiger partial charge in [0.15, 0.2) is 11.6 Å². The van der Waals surface area contributed by atoms with E-state index in [-0.39, 0.29) is 18.5 Å². The third kappa shape index (κ3) is 6.55. The van der Waals surface area contributed by atoms with Crippen LogP contribution < -0.4 is 10.2 Å². The summed E-state index contributed by atoms with van der Waals surface area (Å²) in [7, 11) is 0. The summed E-state index contributed by atoms with van der Waals surface area (Å²) < 4.78 is 29.0. The number of nitrogens with one attached hydrogen (secondary N) is 1. The standard InChI is InChI=1S/C18H17F2N3O3.C5H4BrN/c19-14-3-1-2-13(16(14)20)11-4-5-15(22-18(25)26)17(24)23(10-11)12-6-8-21-9-7-12;6-5-1-3-7-4-2-5/h1-3,6-9,11,15,22H,4-5,10H2,(H,25,26);1-4H/t11-,15-;/m1./s1. The number of benzene rings is 1. The molecule has 33 heavy (non-hydrogen) atoms. The summed E-state index contributed by atoms with van der Waals surface area (Å²) >= 11 is 3.27. The Kier molecular flexibility index (Phi) is 8.42. The van der Waals surface area contributed by atoms with Crippen LogP contribution in [0.25, 0.3) is 0 Å². The molecule has 2 amide bonds. The molecule has 1 aromatic carbocycles. The molecule has 4 rings (SSSR count). The number of hydrogen-bond acceptors (Lipinski definition) is 4. The molecule has 3 heterocycles. The van der Waals surface area contributed by atoms with E-state index in [0.29, 0.717) is 12.1 Å². The van der Waals surface area contributed by atoms with Gasteiger partial charge in [0.2, 0.25) is 5.91 Å². The van der Waals surface area contributed by atoms with Gasteiger partial charge in [0.1, 0.15) is 6.04 Å². The fourth-order valence-corrected chi connectivity index (χ4v) is 3.78. The van der Waals surface area contributed by atoms with Crippen LogP contribution in [0.5, 0.6) is 0 Å². The highest BCUT2D eigenvalue weighted by Crippen LogP contribution is 2.32. The Hall–Kier alpha value is -3.40. The average molecular weight is 519 g/mol. The number of hydrogen-bond donors (Lipinski definition) is 2. The van der Waals surface area contributed by atoms with Gasteiger partial charge < -0.3 is 15.3 Å². The number of carbonyl (C=O) groups excluding carboxylic acids is 1. The molecule has 0 unspecified atom stereocenters. The van der Waals surface area contributed by atoms with Crippen molar-refractivity contribution in [3.63, 3.8) is 0 Å². The molecule has 1 aliphatic heterocycles. The second-order valence-electron chi connectivity index (χ2n) is 7.24. The van der Waals surface area contributed by atoms with Crippen molar-refractivity contribution in [1.29, 1.82) is 0 Å². The zero-order valence-corrected chi connectivity index (χ0v) is 19.0. The highest BCUT2D eigenvalue weighted by Gasteiger charge is 2.34. The summed E-state index contributed by atoms with van der Waals surface area (Å²) in [5.41, 5.74) is 0.693. The third-order valence-electron chi connectivity index (χ3n) is 5.10. The fourth-order valence-electron chi connectivity index (χ4n) is 3.54. The van der Waals surface area contributed by atoms with Gasteiger partial charge in [-0.15, -0.1) is 0 Å². The van der Waals surface area contributed by atoms with Gasteiger partial charge in [-0.2, -0.15) is 0 Å². The van der Waals surface area contributed by atoms with Crippen molar-refractivity contribution in [2.75, 3.05) is 11.4 Å². The molecule has 1 saturated heterocycles. The molecular formula is C23H21BrF2N4O3. The van der Waals surface area contributed by atoms with E-state index >= 15 is 0 Å². The van der Waals surface area contributed by atoms with E-state index in [1.165, 1.54) is 29.4 Å². The number of carboxylic acid groups (broad SMARTS) is 1. The smallest absolute Gasteiger partial charge is 0.405 e. The lowest BCUT2D eigenvalue weighted by Crippen LogP contribution is -2.47. The SMILES string of the molecule is Brc1ccncc1.O=C(O)N[C@@H]1CC[C@@H](c2cccc(F)c2F)CN(c2ccncc2)C1=O. The van der Waals surface area contributed by atoms with Crippen molar-refractivity contribution in [2.24, 2.45) is 0 Å². The first kappa shape index (κ1) is 24.2. The van der Waals surface area contributed by atoms with Gasteiger partial charge in [-0.05, 0) is 48.7 Å². The molecule has 172 valence electrons. The largest absolute Gasteiger partial charge is 0.465 e. The van der Waals surface area contributed by atoms with Crippen LogP contribution in [0.1, 0.15) is 24.3 Å².